The Labute approximate surface area is 166 Å². The summed E-state index contributed by atoms with van der Waals surface area (Å²) in [4.78, 5) is 22.0. The fraction of sp³-hybridized carbons (Fsp3) is 0.389. The number of para-hydroxylation sites is 1. The highest BCUT2D eigenvalue weighted by molar-refractivity contribution is 14.0. The lowest BCUT2D eigenvalue weighted by molar-refractivity contribution is -0.127. The number of hydrogen-bond acceptors (Lipinski definition) is 3. The Hall–Kier alpha value is -1.90. The van der Waals surface area contributed by atoms with Crippen LogP contribution < -0.4 is 10.6 Å². The summed E-state index contributed by atoms with van der Waals surface area (Å²) in [6, 6.07) is 10.2. The largest absolute Gasteiger partial charge is 0.357 e. The smallest absolute Gasteiger partial charge is 0.243 e. The molecule has 1 amide bonds. The zero-order chi connectivity index (χ0) is 17.4. The minimum Gasteiger partial charge on any atom is -0.357 e. The maximum absolute atomic E-state index is 11.6. The number of halogens is 1. The van der Waals surface area contributed by atoms with Crippen LogP contribution in [0.4, 0.5) is 0 Å². The van der Waals surface area contributed by atoms with E-state index >= 15 is 0 Å². The first-order valence-corrected chi connectivity index (χ1v) is 8.16. The molecule has 1 aromatic heterocycles. The van der Waals surface area contributed by atoms with Crippen LogP contribution in [-0.2, 0) is 11.2 Å². The van der Waals surface area contributed by atoms with Gasteiger partial charge in [0.05, 0.1) is 5.52 Å². The van der Waals surface area contributed by atoms with Gasteiger partial charge in [0.2, 0.25) is 5.91 Å². The van der Waals surface area contributed by atoms with Crippen LogP contribution in [0.3, 0.4) is 0 Å². The molecule has 1 aromatic carbocycles. The van der Waals surface area contributed by atoms with Crippen molar-refractivity contribution in [2.24, 2.45) is 4.99 Å². The number of likely N-dealkylation sites (N-methyl/N-ethyl adjacent to an activating group) is 1. The Morgan fingerprint density at radius 1 is 1.20 bits per heavy atom. The predicted molar refractivity (Wildman–Crippen MR) is 114 cm³/mol. The molecule has 6 nitrogen and oxygen atoms in total. The van der Waals surface area contributed by atoms with Gasteiger partial charge in [0.15, 0.2) is 5.96 Å². The van der Waals surface area contributed by atoms with Crippen LogP contribution >= 0.6 is 24.0 Å². The molecule has 0 radical (unpaired) electrons. The molecule has 0 aliphatic rings. The lowest BCUT2D eigenvalue weighted by atomic mass is 10.1. The van der Waals surface area contributed by atoms with Crippen molar-refractivity contribution in [1.82, 2.24) is 20.5 Å². The summed E-state index contributed by atoms with van der Waals surface area (Å²) in [5.74, 6) is 0.631. The van der Waals surface area contributed by atoms with Crippen LogP contribution in [0.2, 0.25) is 0 Å². The first kappa shape index (κ1) is 21.1. The topological polar surface area (TPSA) is 69.6 Å². The number of carbonyl (C=O) groups is 1. The molecule has 0 saturated carbocycles. The molecule has 0 saturated heterocycles. The molecule has 0 fully saturated rings. The highest BCUT2D eigenvalue weighted by Gasteiger charge is 2.05. The van der Waals surface area contributed by atoms with Crippen molar-refractivity contribution in [3.63, 3.8) is 0 Å². The summed E-state index contributed by atoms with van der Waals surface area (Å²) >= 11 is 0. The van der Waals surface area contributed by atoms with Crippen LogP contribution in [0, 0.1) is 0 Å². The third-order valence-corrected chi connectivity index (χ3v) is 3.62. The normalized spacial score (nSPS) is 10.9. The summed E-state index contributed by atoms with van der Waals surface area (Å²) < 4.78 is 0. The zero-order valence-electron chi connectivity index (χ0n) is 15.0. The van der Waals surface area contributed by atoms with E-state index in [0.29, 0.717) is 5.96 Å². The number of carbonyl (C=O) groups excluding carboxylic acids is 1. The Morgan fingerprint density at radius 2 is 1.96 bits per heavy atom. The Bertz CT molecular complexity index is 712. The molecule has 0 atom stereocenters. The number of guanidine groups is 1. The number of fused-ring (bicyclic) bond motifs is 1. The number of rotatable bonds is 6. The van der Waals surface area contributed by atoms with Crippen LogP contribution in [0.15, 0.2) is 41.5 Å². The zero-order valence-corrected chi connectivity index (χ0v) is 17.3. The van der Waals surface area contributed by atoms with Crippen molar-refractivity contribution >= 4 is 46.7 Å². The van der Waals surface area contributed by atoms with Crippen LogP contribution in [-0.4, -0.2) is 55.5 Å². The van der Waals surface area contributed by atoms with Gasteiger partial charge in [-0.25, -0.2) is 4.99 Å². The molecular weight excluding hydrogens is 429 g/mol. The second-order valence-electron chi connectivity index (χ2n) is 5.65. The van der Waals surface area contributed by atoms with Crippen LogP contribution in [0.5, 0.6) is 0 Å². The number of aliphatic imine (C=N–C) groups is 1. The van der Waals surface area contributed by atoms with Gasteiger partial charge in [-0.05, 0) is 25.0 Å². The SMILES string of the molecule is CCNC(=NCC(=O)N(C)C)NCCc1cccc2cccnc12.I. The fourth-order valence-electron chi connectivity index (χ4n) is 2.31. The van der Waals surface area contributed by atoms with Gasteiger partial charge in [0.1, 0.15) is 6.54 Å². The van der Waals surface area contributed by atoms with E-state index in [9.17, 15) is 4.79 Å². The van der Waals surface area contributed by atoms with E-state index < -0.39 is 0 Å². The molecule has 2 rings (SSSR count). The number of nitrogens with zero attached hydrogens (tertiary/aromatic N) is 3. The summed E-state index contributed by atoms with van der Waals surface area (Å²) in [5.41, 5.74) is 2.23. The molecule has 0 aliphatic heterocycles. The average Bonchev–Trinajstić information content (AvgIpc) is 2.59. The monoisotopic (exact) mass is 455 g/mol. The molecule has 0 unspecified atom stereocenters. The van der Waals surface area contributed by atoms with E-state index in [1.807, 2.05) is 25.3 Å². The highest BCUT2D eigenvalue weighted by atomic mass is 127. The van der Waals surface area contributed by atoms with E-state index in [0.717, 1.165) is 30.4 Å². The molecular formula is C18H26IN5O. The third kappa shape index (κ3) is 6.49. The first-order valence-electron chi connectivity index (χ1n) is 8.16. The molecule has 1 heterocycles. The second-order valence-corrected chi connectivity index (χ2v) is 5.65. The van der Waals surface area contributed by atoms with E-state index in [-0.39, 0.29) is 36.4 Å². The maximum Gasteiger partial charge on any atom is 0.243 e. The Balaban J connectivity index is 0.00000312. The summed E-state index contributed by atoms with van der Waals surface area (Å²) in [7, 11) is 3.46. The Kier molecular flexibility index (Phi) is 9.18. The van der Waals surface area contributed by atoms with Crippen molar-refractivity contribution in [3.8, 4) is 0 Å². The van der Waals surface area contributed by atoms with Gasteiger partial charge in [-0.1, -0.05) is 24.3 Å². The summed E-state index contributed by atoms with van der Waals surface area (Å²) in [5, 5.41) is 7.57. The minimum atomic E-state index is -0.0227. The van der Waals surface area contributed by atoms with E-state index in [1.54, 1.807) is 14.1 Å². The molecule has 2 N–H and O–H groups in total. The molecule has 2 aromatic rings. The maximum atomic E-state index is 11.6. The molecule has 0 bridgehead atoms. The van der Waals surface area contributed by atoms with Gasteiger partial charge in [-0.15, -0.1) is 24.0 Å². The van der Waals surface area contributed by atoms with Crippen molar-refractivity contribution in [1.29, 1.82) is 0 Å². The molecule has 0 aliphatic carbocycles. The number of benzene rings is 1. The van der Waals surface area contributed by atoms with Gasteiger partial charge in [-0.2, -0.15) is 0 Å². The third-order valence-electron chi connectivity index (χ3n) is 3.62. The second kappa shape index (κ2) is 10.9. The molecule has 0 spiro atoms. The van der Waals surface area contributed by atoms with Crippen LogP contribution in [0.1, 0.15) is 12.5 Å². The highest BCUT2D eigenvalue weighted by Crippen LogP contribution is 2.15. The van der Waals surface area contributed by atoms with E-state index in [2.05, 4.69) is 38.8 Å². The fourth-order valence-corrected chi connectivity index (χ4v) is 2.31. The van der Waals surface area contributed by atoms with Crippen molar-refractivity contribution in [2.75, 3.05) is 33.7 Å². The molecule has 136 valence electrons. The molecule has 7 heteroatoms. The number of aromatic nitrogens is 1. The lowest BCUT2D eigenvalue weighted by Crippen LogP contribution is -2.39. The van der Waals surface area contributed by atoms with E-state index in [4.69, 9.17) is 0 Å². The summed E-state index contributed by atoms with van der Waals surface area (Å²) in [6.07, 6.45) is 2.65. The lowest BCUT2D eigenvalue weighted by Gasteiger charge is -2.13. The van der Waals surface area contributed by atoms with Crippen molar-refractivity contribution < 1.29 is 4.79 Å². The standard InChI is InChI=1S/C18H25N5O.HI/c1-4-19-18(22-13-16(24)23(2)3)21-12-10-15-8-5-7-14-9-6-11-20-17(14)15;/h5-9,11H,4,10,12-13H2,1-3H3,(H2,19,21,22);1H. The average molecular weight is 455 g/mol. The number of pyridine rings is 1. The minimum absolute atomic E-state index is 0. The van der Waals surface area contributed by atoms with Gasteiger partial charge in [-0.3, -0.25) is 9.78 Å². The summed E-state index contributed by atoms with van der Waals surface area (Å²) in [6.45, 7) is 3.60. The quantitative estimate of drug-likeness (QED) is 0.398. The van der Waals surface area contributed by atoms with Gasteiger partial charge in [0, 0.05) is 38.8 Å². The Morgan fingerprint density at radius 3 is 2.68 bits per heavy atom. The van der Waals surface area contributed by atoms with Gasteiger partial charge in [0.25, 0.3) is 0 Å². The van der Waals surface area contributed by atoms with Gasteiger partial charge < -0.3 is 15.5 Å². The van der Waals surface area contributed by atoms with E-state index in [1.165, 1.54) is 10.5 Å². The van der Waals surface area contributed by atoms with Crippen molar-refractivity contribution in [2.45, 2.75) is 13.3 Å². The number of amides is 1. The first-order chi connectivity index (χ1) is 11.6. The number of nitrogens with one attached hydrogen (secondary N) is 2. The molecule has 25 heavy (non-hydrogen) atoms. The number of hydrogen-bond donors (Lipinski definition) is 2. The van der Waals surface area contributed by atoms with Crippen molar-refractivity contribution in [3.05, 3.63) is 42.1 Å². The van der Waals surface area contributed by atoms with Crippen LogP contribution in [0.25, 0.3) is 10.9 Å². The van der Waals surface area contributed by atoms with Gasteiger partial charge >= 0.3 is 0 Å². The predicted octanol–water partition coefficient (Wildman–Crippen LogP) is 2.04.